The van der Waals surface area contributed by atoms with Crippen LogP contribution in [-0.2, 0) is 4.79 Å². The van der Waals surface area contributed by atoms with Crippen molar-refractivity contribution in [1.82, 2.24) is 0 Å². The van der Waals surface area contributed by atoms with Crippen LogP contribution >= 0.6 is 0 Å². The van der Waals surface area contributed by atoms with Gasteiger partial charge in [0.2, 0.25) is 6.41 Å². The maximum absolute atomic E-state index is 13.4. The first kappa shape index (κ1) is 28.7. The van der Waals surface area contributed by atoms with E-state index in [0.717, 1.165) is 62.3 Å². The van der Waals surface area contributed by atoms with Gasteiger partial charge in [0, 0.05) is 16.8 Å². The lowest BCUT2D eigenvalue weighted by Gasteiger charge is -2.38. The van der Waals surface area contributed by atoms with Crippen molar-refractivity contribution >= 4 is 17.8 Å². The van der Waals surface area contributed by atoms with Gasteiger partial charge in [-0.15, -0.1) is 0 Å². The minimum atomic E-state index is -0.371. The van der Waals surface area contributed by atoms with Crippen LogP contribution in [0.2, 0.25) is 0 Å². The molecular weight excluding hydrogens is 536 g/mol. The lowest BCUT2D eigenvalue weighted by atomic mass is 9.89. The number of hydrogen-bond donors (Lipinski definition) is 1. The number of carbonyl (C=O) groups excluding carboxylic acids is 1. The number of rotatable bonds is 10. The summed E-state index contributed by atoms with van der Waals surface area (Å²) >= 11 is 0. The molecule has 3 heteroatoms. The summed E-state index contributed by atoms with van der Waals surface area (Å²) in [4.78, 5) is 15.4. The molecule has 2 atom stereocenters. The molecule has 0 aliphatic rings. The van der Waals surface area contributed by atoms with E-state index >= 15 is 0 Å². The zero-order valence-electron chi connectivity index (χ0n) is 25.1. The lowest BCUT2D eigenvalue weighted by Crippen LogP contribution is -2.35. The van der Waals surface area contributed by atoms with E-state index in [0.29, 0.717) is 0 Å². The van der Waals surface area contributed by atoms with E-state index in [9.17, 15) is 4.79 Å². The fourth-order valence-electron chi connectivity index (χ4n) is 5.97. The van der Waals surface area contributed by atoms with Crippen LogP contribution in [-0.4, -0.2) is 6.41 Å². The molecule has 0 aromatic heterocycles. The second-order valence-electron chi connectivity index (χ2n) is 11.2. The molecule has 0 aliphatic heterocycles. The van der Waals surface area contributed by atoms with E-state index < -0.39 is 0 Å². The van der Waals surface area contributed by atoms with Gasteiger partial charge < -0.3 is 10.2 Å². The third-order valence-corrected chi connectivity index (χ3v) is 8.12. The quantitative estimate of drug-likeness (QED) is 0.166. The van der Waals surface area contributed by atoms with E-state index in [2.05, 4.69) is 128 Å². The van der Waals surface area contributed by atoms with Crippen molar-refractivity contribution in [2.45, 2.75) is 25.9 Å². The van der Waals surface area contributed by atoms with Crippen LogP contribution in [0, 0.1) is 13.8 Å². The smallest absolute Gasteiger partial charge is 0.214 e. The van der Waals surface area contributed by atoms with Gasteiger partial charge in [-0.3, -0.25) is 4.79 Å². The summed E-state index contributed by atoms with van der Waals surface area (Å²) in [7, 11) is 0. The predicted molar refractivity (Wildman–Crippen MR) is 184 cm³/mol. The van der Waals surface area contributed by atoms with Crippen LogP contribution in [0.4, 0.5) is 11.4 Å². The molecule has 3 nitrogen and oxygen atoms in total. The number of anilines is 2. The standard InChI is InChI=1S/C41H36N2O/c1-30-23-25-36(32-15-7-3-8-16-32)38(27-30)42-40(34-19-11-5-12-20-34)41(35-21-13-6-14-22-35)43(29-44)39-28-31(2)24-26-37(39)33-17-9-4-10-18-33/h3-29,40-42H,1-2H3/t40-,41-/m0/s1. The first-order valence-electron chi connectivity index (χ1n) is 15.0. The van der Waals surface area contributed by atoms with Gasteiger partial charge in [-0.05, 0) is 59.4 Å². The molecule has 0 unspecified atom stereocenters. The average molecular weight is 573 g/mol. The van der Waals surface area contributed by atoms with Gasteiger partial charge in [0.15, 0.2) is 0 Å². The topological polar surface area (TPSA) is 32.3 Å². The van der Waals surface area contributed by atoms with E-state index in [1.807, 2.05) is 53.4 Å². The highest BCUT2D eigenvalue weighted by atomic mass is 16.1. The summed E-state index contributed by atoms with van der Waals surface area (Å²) in [6.07, 6.45) is 0.991. The van der Waals surface area contributed by atoms with Crippen LogP contribution in [0.5, 0.6) is 0 Å². The molecule has 1 amide bonds. The summed E-state index contributed by atoms with van der Waals surface area (Å²) in [5, 5.41) is 3.96. The van der Waals surface area contributed by atoms with Crippen molar-refractivity contribution in [1.29, 1.82) is 0 Å². The van der Waals surface area contributed by atoms with Crippen molar-refractivity contribution < 1.29 is 4.79 Å². The molecule has 6 aromatic rings. The molecule has 0 aliphatic carbocycles. The minimum absolute atomic E-state index is 0.280. The Bertz CT molecular complexity index is 1820. The van der Waals surface area contributed by atoms with Crippen LogP contribution < -0.4 is 10.2 Å². The third-order valence-electron chi connectivity index (χ3n) is 8.12. The molecule has 6 aromatic carbocycles. The largest absolute Gasteiger partial charge is 0.375 e. The SMILES string of the molecule is Cc1ccc(-c2ccccc2)c(N[C@@H](c2ccccc2)[C@H](c2ccccc2)N(C=O)c2cc(C)ccc2-c2ccccc2)c1. The van der Waals surface area contributed by atoms with Crippen molar-refractivity contribution in [2.75, 3.05) is 10.2 Å². The van der Waals surface area contributed by atoms with Crippen molar-refractivity contribution in [3.05, 3.63) is 180 Å². The molecule has 216 valence electrons. The van der Waals surface area contributed by atoms with Crippen molar-refractivity contribution in [2.24, 2.45) is 0 Å². The number of amides is 1. The normalized spacial score (nSPS) is 12.2. The maximum atomic E-state index is 13.4. The number of benzene rings is 6. The van der Waals surface area contributed by atoms with Crippen LogP contribution in [0.1, 0.15) is 34.3 Å². The van der Waals surface area contributed by atoms with Gasteiger partial charge in [0.25, 0.3) is 0 Å². The van der Waals surface area contributed by atoms with Gasteiger partial charge >= 0.3 is 0 Å². The minimum Gasteiger partial charge on any atom is -0.375 e. The van der Waals surface area contributed by atoms with Gasteiger partial charge in [0.1, 0.15) is 0 Å². The molecule has 6 rings (SSSR count). The first-order valence-corrected chi connectivity index (χ1v) is 15.0. The van der Waals surface area contributed by atoms with Crippen LogP contribution in [0.3, 0.4) is 0 Å². The highest BCUT2D eigenvalue weighted by Gasteiger charge is 2.33. The molecule has 1 N–H and O–H groups in total. The Labute approximate surface area is 260 Å². The Morgan fingerprint density at radius 2 is 1.02 bits per heavy atom. The summed E-state index contributed by atoms with van der Waals surface area (Å²) in [5.74, 6) is 0. The molecule has 0 fully saturated rings. The van der Waals surface area contributed by atoms with E-state index in [1.54, 1.807) is 0 Å². The molecule has 44 heavy (non-hydrogen) atoms. The highest BCUT2D eigenvalue weighted by molar-refractivity contribution is 5.89. The van der Waals surface area contributed by atoms with Gasteiger partial charge in [-0.2, -0.15) is 0 Å². The Hall–Kier alpha value is -5.41. The monoisotopic (exact) mass is 572 g/mol. The lowest BCUT2D eigenvalue weighted by molar-refractivity contribution is -0.108. The average Bonchev–Trinajstić information content (AvgIpc) is 3.08. The second kappa shape index (κ2) is 13.3. The summed E-state index contributed by atoms with van der Waals surface area (Å²) < 4.78 is 0. The third kappa shape index (κ3) is 6.18. The number of aryl methyl sites for hydroxylation is 2. The molecule has 0 saturated carbocycles. The van der Waals surface area contributed by atoms with Gasteiger partial charge in [-0.1, -0.05) is 146 Å². The van der Waals surface area contributed by atoms with E-state index in [4.69, 9.17) is 0 Å². The Kier molecular flexibility index (Phi) is 8.65. The van der Waals surface area contributed by atoms with Crippen molar-refractivity contribution in [3.8, 4) is 22.3 Å². The Balaban J connectivity index is 1.57. The molecule has 0 bridgehead atoms. The number of nitrogens with zero attached hydrogens (tertiary/aromatic N) is 1. The molecular formula is C41H36N2O. The Morgan fingerprint density at radius 1 is 0.545 bits per heavy atom. The fourth-order valence-corrected chi connectivity index (χ4v) is 5.97. The predicted octanol–water partition coefficient (Wildman–Crippen LogP) is 10.2. The zero-order valence-corrected chi connectivity index (χ0v) is 25.1. The molecule has 0 spiro atoms. The zero-order chi connectivity index (χ0) is 30.3. The number of nitrogens with one attached hydrogen (secondary N) is 1. The van der Waals surface area contributed by atoms with Crippen LogP contribution in [0.15, 0.2) is 158 Å². The molecule has 0 radical (unpaired) electrons. The summed E-state index contributed by atoms with van der Waals surface area (Å²) in [6, 6.07) is 53.8. The van der Waals surface area contributed by atoms with E-state index in [1.165, 1.54) is 0 Å². The number of carbonyl (C=O) groups is 1. The fraction of sp³-hybridized carbons (Fsp3) is 0.0976. The maximum Gasteiger partial charge on any atom is 0.214 e. The molecule has 0 heterocycles. The first-order chi connectivity index (χ1) is 21.6. The Morgan fingerprint density at radius 3 is 1.59 bits per heavy atom. The summed E-state index contributed by atoms with van der Waals surface area (Å²) in [6.45, 7) is 4.19. The van der Waals surface area contributed by atoms with E-state index in [-0.39, 0.29) is 12.1 Å². The highest BCUT2D eigenvalue weighted by Crippen LogP contribution is 2.43. The summed E-state index contributed by atoms with van der Waals surface area (Å²) in [5.41, 5.74) is 10.6. The van der Waals surface area contributed by atoms with Gasteiger partial charge in [0.05, 0.1) is 17.8 Å². The molecule has 0 saturated heterocycles. The van der Waals surface area contributed by atoms with Crippen LogP contribution in [0.25, 0.3) is 22.3 Å². The van der Waals surface area contributed by atoms with Gasteiger partial charge in [-0.25, -0.2) is 0 Å². The number of hydrogen-bond acceptors (Lipinski definition) is 2. The second-order valence-corrected chi connectivity index (χ2v) is 11.2. The van der Waals surface area contributed by atoms with Crippen molar-refractivity contribution in [3.63, 3.8) is 0 Å².